The van der Waals surface area contributed by atoms with Gasteiger partial charge in [0.2, 0.25) is 0 Å². The van der Waals surface area contributed by atoms with E-state index in [1.807, 2.05) is 102 Å². The van der Waals surface area contributed by atoms with Crippen LogP contribution in [0.2, 0.25) is 0 Å². The maximum Gasteiger partial charge on any atom is 0.253 e. The average Bonchev–Trinajstić information content (AvgIpc) is 3.11. The van der Waals surface area contributed by atoms with Crippen LogP contribution in [0.1, 0.15) is 52.0 Å². The highest BCUT2D eigenvalue weighted by molar-refractivity contribution is 9.10. The van der Waals surface area contributed by atoms with Crippen molar-refractivity contribution >= 4 is 27.7 Å². The predicted molar refractivity (Wildman–Crippen MR) is 184 cm³/mol. The first kappa shape index (κ1) is 31.8. The highest BCUT2D eigenvalue weighted by Gasteiger charge is 2.25. The Hall–Kier alpha value is -4.14. The molecule has 6 rings (SSSR count). The van der Waals surface area contributed by atoms with Gasteiger partial charge in [0.05, 0.1) is 0 Å². The Labute approximate surface area is 279 Å². The number of carbonyl (C=O) groups excluding carboxylic acids is 2. The molecule has 0 bridgehead atoms. The molecule has 0 aromatic heterocycles. The van der Waals surface area contributed by atoms with Gasteiger partial charge in [-0.3, -0.25) is 9.59 Å². The van der Waals surface area contributed by atoms with Gasteiger partial charge in [-0.1, -0.05) is 52.3 Å². The smallest absolute Gasteiger partial charge is 0.253 e. The number of hydrogen-bond acceptors (Lipinski definition) is 5. The molecule has 2 saturated heterocycles. The second-order valence-electron chi connectivity index (χ2n) is 12.1. The molecule has 2 fully saturated rings. The van der Waals surface area contributed by atoms with E-state index in [0.29, 0.717) is 36.7 Å². The summed E-state index contributed by atoms with van der Waals surface area (Å²) in [6.07, 6.45) is 3.93. The fourth-order valence-corrected chi connectivity index (χ4v) is 6.22. The normalized spacial score (nSPS) is 15.7. The van der Waals surface area contributed by atoms with Crippen molar-refractivity contribution in [2.45, 2.75) is 38.4 Å². The Morgan fingerprint density at radius 1 is 0.739 bits per heavy atom. The third-order valence-corrected chi connectivity index (χ3v) is 9.33. The van der Waals surface area contributed by atoms with Crippen LogP contribution < -0.4 is 20.1 Å². The maximum atomic E-state index is 12.8. The molecule has 0 saturated carbocycles. The number of nitrogens with zero attached hydrogens (tertiary/aromatic N) is 1. The number of ether oxygens (including phenoxy) is 2. The number of amides is 2. The van der Waals surface area contributed by atoms with Crippen LogP contribution >= 0.6 is 15.9 Å². The van der Waals surface area contributed by atoms with Crippen LogP contribution in [0.4, 0.5) is 0 Å². The summed E-state index contributed by atoms with van der Waals surface area (Å²) < 4.78 is 13.2. The minimum Gasteiger partial charge on any atom is -0.490 e. The van der Waals surface area contributed by atoms with Crippen LogP contribution in [0, 0.1) is 5.92 Å². The second-order valence-corrected chi connectivity index (χ2v) is 13.0. The molecule has 2 N–H and O–H groups in total. The van der Waals surface area contributed by atoms with Crippen molar-refractivity contribution < 1.29 is 19.1 Å². The average molecular weight is 683 g/mol. The Kier molecular flexibility index (Phi) is 10.7. The Morgan fingerprint density at radius 3 is 1.98 bits per heavy atom. The van der Waals surface area contributed by atoms with Gasteiger partial charge in [0, 0.05) is 48.1 Å². The van der Waals surface area contributed by atoms with Gasteiger partial charge < -0.3 is 25.0 Å². The Bertz CT molecular complexity index is 1580. The lowest BCUT2D eigenvalue weighted by Gasteiger charge is -2.32. The zero-order valence-electron chi connectivity index (χ0n) is 25.9. The predicted octanol–water partition coefficient (Wildman–Crippen LogP) is 7.11. The zero-order valence-corrected chi connectivity index (χ0v) is 27.5. The Balaban J connectivity index is 0.928. The van der Waals surface area contributed by atoms with Crippen LogP contribution in [0.5, 0.6) is 11.5 Å². The molecular formula is C38H40BrN3O4. The fourth-order valence-electron chi connectivity index (χ4n) is 5.96. The molecule has 238 valence electrons. The van der Waals surface area contributed by atoms with E-state index in [1.165, 1.54) is 0 Å². The third-order valence-electron chi connectivity index (χ3n) is 8.80. The first-order valence-corrected chi connectivity index (χ1v) is 16.9. The SMILES string of the molecule is O=C(NCC1CCNCC1)c1ccc(-c2ccc(OCc3ccc(OC4CCN(C(=O)c5ccc(Br)cc5)CC4)cc3)cc2)cc1. The van der Waals surface area contributed by atoms with Gasteiger partial charge in [-0.2, -0.15) is 0 Å². The largest absolute Gasteiger partial charge is 0.490 e. The summed E-state index contributed by atoms with van der Waals surface area (Å²) in [5, 5.41) is 6.45. The number of halogens is 1. The molecule has 0 aliphatic carbocycles. The van der Waals surface area contributed by atoms with E-state index in [4.69, 9.17) is 9.47 Å². The molecule has 0 unspecified atom stereocenters. The number of likely N-dealkylation sites (tertiary alicyclic amines) is 1. The quantitative estimate of drug-likeness (QED) is 0.187. The molecule has 0 radical (unpaired) electrons. The summed E-state index contributed by atoms with van der Waals surface area (Å²) >= 11 is 3.42. The number of nitrogens with one attached hydrogen (secondary N) is 2. The van der Waals surface area contributed by atoms with E-state index in [2.05, 4.69) is 26.6 Å². The molecular weight excluding hydrogens is 642 g/mol. The van der Waals surface area contributed by atoms with Crippen molar-refractivity contribution in [3.63, 3.8) is 0 Å². The molecule has 4 aromatic carbocycles. The molecule has 0 spiro atoms. The fraction of sp³-hybridized carbons (Fsp3) is 0.316. The van der Waals surface area contributed by atoms with Gasteiger partial charge in [0.15, 0.2) is 0 Å². The lowest BCUT2D eigenvalue weighted by molar-refractivity contribution is 0.0595. The molecule has 2 aliphatic heterocycles. The summed E-state index contributed by atoms with van der Waals surface area (Å²) in [7, 11) is 0. The molecule has 8 heteroatoms. The zero-order chi connectivity index (χ0) is 31.7. The number of hydrogen-bond donors (Lipinski definition) is 2. The summed E-state index contributed by atoms with van der Waals surface area (Å²) in [5.41, 5.74) is 4.58. The van der Waals surface area contributed by atoms with Crippen LogP contribution in [-0.2, 0) is 6.61 Å². The lowest BCUT2D eigenvalue weighted by atomic mass is 9.98. The van der Waals surface area contributed by atoms with E-state index in [0.717, 1.165) is 78.0 Å². The first-order chi connectivity index (χ1) is 22.5. The van der Waals surface area contributed by atoms with Crippen LogP contribution in [0.15, 0.2) is 102 Å². The third kappa shape index (κ3) is 8.56. The van der Waals surface area contributed by atoms with E-state index in [-0.39, 0.29) is 17.9 Å². The minimum atomic E-state index is -0.0141. The molecule has 46 heavy (non-hydrogen) atoms. The molecule has 0 atom stereocenters. The minimum absolute atomic E-state index is 0.0141. The van der Waals surface area contributed by atoms with E-state index in [9.17, 15) is 9.59 Å². The molecule has 2 amide bonds. The topological polar surface area (TPSA) is 79.9 Å². The standard InChI is InChI=1S/C38H40BrN3O4/c39-33-11-7-32(8-12-33)38(44)42-23-19-36(20-24-42)46-35-13-1-28(2-14-35)26-45-34-15-9-30(10-16-34)29-3-5-31(6-4-29)37(43)41-25-27-17-21-40-22-18-27/h1-16,27,36,40H,17-26H2,(H,41,43). The highest BCUT2D eigenvalue weighted by atomic mass is 79.9. The summed E-state index contributed by atoms with van der Waals surface area (Å²) in [6, 6.07) is 31.3. The summed E-state index contributed by atoms with van der Waals surface area (Å²) in [6.45, 7) is 4.63. The number of carbonyl (C=O) groups is 2. The number of piperidine rings is 2. The summed E-state index contributed by atoms with van der Waals surface area (Å²) in [5.74, 6) is 2.24. The number of benzene rings is 4. The molecule has 2 heterocycles. The van der Waals surface area contributed by atoms with Crippen molar-refractivity contribution in [2.24, 2.45) is 5.92 Å². The van der Waals surface area contributed by atoms with E-state index < -0.39 is 0 Å². The second kappa shape index (κ2) is 15.4. The van der Waals surface area contributed by atoms with E-state index in [1.54, 1.807) is 0 Å². The van der Waals surface area contributed by atoms with Gasteiger partial charge in [-0.15, -0.1) is 0 Å². The highest BCUT2D eigenvalue weighted by Crippen LogP contribution is 2.25. The molecule has 4 aromatic rings. The van der Waals surface area contributed by atoms with Crippen molar-refractivity contribution in [1.29, 1.82) is 0 Å². The summed E-state index contributed by atoms with van der Waals surface area (Å²) in [4.78, 5) is 27.3. The van der Waals surface area contributed by atoms with Crippen molar-refractivity contribution in [1.82, 2.24) is 15.5 Å². The van der Waals surface area contributed by atoms with Gasteiger partial charge in [-0.25, -0.2) is 0 Å². The van der Waals surface area contributed by atoms with Crippen molar-refractivity contribution in [2.75, 3.05) is 32.7 Å². The van der Waals surface area contributed by atoms with Crippen molar-refractivity contribution in [3.05, 3.63) is 118 Å². The lowest BCUT2D eigenvalue weighted by Crippen LogP contribution is -2.41. The Morgan fingerprint density at radius 2 is 1.33 bits per heavy atom. The molecule has 2 aliphatic rings. The van der Waals surface area contributed by atoms with Crippen LogP contribution in [0.3, 0.4) is 0 Å². The molecule has 7 nitrogen and oxygen atoms in total. The van der Waals surface area contributed by atoms with Crippen LogP contribution in [-0.4, -0.2) is 55.5 Å². The first-order valence-electron chi connectivity index (χ1n) is 16.1. The van der Waals surface area contributed by atoms with Gasteiger partial charge >= 0.3 is 0 Å². The monoisotopic (exact) mass is 681 g/mol. The van der Waals surface area contributed by atoms with Gasteiger partial charge in [0.1, 0.15) is 24.2 Å². The van der Waals surface area contributed by atoms with Crippen LogP contribution in [0.25, 0.3) is 11.1 Å². The number of rotatable bonds is 10. The maximum absolute atomic E-state index is 12.8. The van der Waals surface area contributed by atoms with Crippen molar-refractivity contribution in [3.8, 4) is 22.6 Å². The van der Waals surface area contributed by atoms with Gasteiger partial charge in [0.25, 0.3) is 11.8 Å². The van der Waals surface area contributed by atoms with Gasteiger partial charge in [-0.05, 0) is 109 Å². The van der Waals surface area contributed by atoms with E-state index >= 15 is 0 Å².